The second kappa shape index (κ2) is 8.00. The normalized spacial score (nSPS) is 22.1. The van der Waals surface area contributed by atoms with E-state index >= 15 is 0 Å². The first-order valence-electron chi connectivity index (χ1n) is 10.0. The van der Waals surface area contributed by atoms with E-state index < -0.39 is 11.4 Å². The number of likely N-dealkylation sites (N-methyl/N-ethyl adjacent to an activating group) is 1. The van der Waals surface area contributed by atoms with Gasteiger partial charge < -0.3 is 15.2 Å². The Labute approximate surface area is 179 Å². The molecule has 2 heterocycles. The number of nitriles is 1. The van der Waals surface area contributed by atoms with Gasteiger partial charge in [0.05, 0.1) is 11.6 Å². The molecule has 0 radical (unpaired) electrons. The third-order valence-electron chi connectivity index (χ3n) is 5.78. The standard InChI is InChI=1S/C23H23FN4O3/c1-28-21(29)23(27-22(28)26)12-18(4-3-7-30-2)31-20-6-5-15(11-19(20)23)16-8-14(13-25)9-17(24)10-16/h5-6,8-11,18H,3-4,7,12H2,1-2H3,(H2,26,27). The van der Waals surface area contributed by atoms with Gasteiger partial charge >= 0.3 is 0 Å². The maximum absolute atomic E-state index is 14.0. The first kappa shape index (κ1) is 20.8. The van der Waals surface area contributed by atoms with Gasteiger partial charge in [0.1, 0.15) is 17.7 Å². The number of aliphatic imine (C=N–C) groups is 1. The Bertz CT molecular complexity index is 1110. The maximum Gasteiger partial charge on any atom is 0.261 e. The summed E-state index contributed by atoms with van der Waals surface area (Å²) in [5.41, 5.74) is 6.83. The highest BCUT2D eigenvalue weighted by molar-refractivity contribution is 6.07. The van der Waals surface area contributed by atoms with Crippen molar-refractivity contribution >= 4 is 11.9 Å². The van der Waals surface area contributed by atoms with Crippen molar-refractivity contribution < 1.29 is 18.7 Å². The average Bonchev–Trinajstić information content (AvgIpc) is 2.97. The van der Waals surface area contributed by atoms with Crippen LogP contribution in [0.5, 0.6) is 5.75 Å². The smallest absolute Gasteiger partial charge is 0.261 e. The lowest BCUT2D eigenvalue weighted by Gasteiger charge is -2.37. The van der Waals surface area contributed by atoms with Gasteiger partial charge in [-0.1, -0.05) is 6.07 Å². The molecule has 1 amide bonds. The summed E-state index contributed by atoms with van der Waals surface area (Å²) in [6.07, 6.45) is 1.62. The van der Waals surface area contributed by atoms with Gasteiger partial charge in [-0.3, -0.25) is 9.69 Å². The van der Waals surface area contributed by atoms with Crippen molar-refractivity contribution in [1.82, 2.24) is 4.90 Å². The number of rotatable bonds is 5. The molecular formula is C23H23FN4O3. The fourth-order valence-electron chi connectivity index (χ4n) is 4.24. The van der Waals surface area contributed by atoms with E-state index in [4.69, 9.17) is 15.2 Å². The topological polar surface area (TPSA) is 101 Å². The fourth-order valence-corrected chi connectivity index (χ4v) is 4.24. The van der Waals surface area contributed by atoms with Gasteiger partial charge in [0.2, 0.25) is 0 Å². The lowest BCUT2D eigenvalue weighted by Crippen LogP contribution is -2.45. The van der Waals surface area contributed by atoms with E-state index in [1.165, 1.54) is 17.0 Å². The summed E-state index contributed by atoms with van der Waals surface area (Å²) in [7, 11) is 3.24. The fraction of sp³-hybridized carbons (Fsp3) is 0.348. The van der Waals surface area contributed by atoms with Gasteiger partial charge in [0, 0.05) is 32.7 Å². The third-order valence-corrected chi connectivity index (χ3v) is 5.78. The molecule has 2 atom stereocenters. The van der Waals surface area contributed by atoms with Crippen LogP contribution in [0.4, 0.5) is 4.39 Å². The number of nitrogens with two attached hydrogens (primary N) is 1. The summed E-state index contributed by atoms with van der Waals surface area (Å²) in [6, 6.07) is 11.4. The summed E-state index contributed by atoms with van der Waals surface area (Å²) in [6.45, 7) is 0.596. The van der Waals surface area contributed by atoms with Gasteiger partial charge in [0.15, 0.2) is 11.5 Å². The zero-order chi connectivity index (χ0) is 22.2. The van der Waals surface area contributed by atoms with E-state index in [-0.39, 0.29) is 23.5 Å². The zero-order valence-electron chi connectivity index (χ0n) is 17.4. The molecule has 160 valence electrons. The van der Waals surface area contributed by atoms with E-state index in [0.717, 1.165) is 6.42 Å². The second-order valence-electron chi connectivity index (χ2n) is 7.82. The van der Waals surface area contributed by atoms with Gasteiger partial charge in [-0.25, -0.2) is 9.38 Å². The Morgan fingerprint density at radius 1 is 1.35 bits per heavy atom. The number of guanidine groups is 1. The molecule has 31 heavy (non-hydrogen) atoms. The highest BCUT2D eigenvalue weighted by Gasteiger charge is 2.53. The first-order valence-corrected chi connectivity index (χ1v) is 10.0. The van der Waals surface area contributed by atoms with Crippen molar-refractivity contribution in [3.8, 4) is 22.9 Å². The molecule has 2 aromatic carbocycles. The number of benzene rings is 2. The van der Waals surface area contributed by atoms with Crippen molar-refractivity contribution in [1.29, 1.82) is 5.26 Å². The molecular weight excluding hydrogens is 399 g/mol. The Morgan fingerprint density at radius 2 is 2.16 bits per heavy atom. The quantitative estimate of drug-likeness (QED) is 0.747. The minimum absolute atomic E-state index is 0.149. The highest BCUT2D eigenvalue weighted by atomic mass is 19.1. The van der Waals surface area contributed by atoms with E-state index in [2.05, 4.69) is 4.99 Å². The lowest BCUT2D eigenvalue weighted by molar-refractivity contribution is -0.132. The van der Waals surface area contributed by atoms with Crippen LogP contribution in [0.15, 0.2) is 41.4 Å². The van der Waals surface area contributed by atoms with Crippen LogP contribution >= 0.6 is 0 Å². The first-order chi connectivity index (χ1) is 14.9. The molecule has 0 saturated carbocycles. The monoisotopic (exact) mass is 422 g/mol. The van der Waals surface area contributed by atoms with Crippen molar-refractivity contribution in [3.05, 3.63) is 53.3 Å². The molecule has 0 aromatic heterocycles. The van der Waals surface area contributed by atoms with Crippen LogP contribution in [0.3, 0.4) is 0 Å². The summed E-state index contributed by atoms with van der Waals surface area (Å²) in [5.74, 6) is -0.0266. The number of hydrogen-bond donors (Lipinski definition) is 1. The maximum atomic E-state index is 14.0. The van der Waals surface area contributed by atoms with Gasteiger partial charge in [-0.05, 0) is 54.3 Å². The van der Waals surface area contributed by atoms with E-state index in [0.29, 0.717) is 41.9 Å². The number of ether oxygens (including phenoxy) is 2. The van der Waals surface area contributed by atoms with E-state index in [1.54, 1.807) is 38.4 Å². The Balaban J connectivity index is 1.81. The average molecular weight is 422 g/mol. The number of carbonyl (C=O) groups excluding carboxylic acids is 1. The van der Waals surface area contributed by atoms with Gasteiger partial charge in [-0.15, -0.1) is 0 Å². The third kappa shape index (κ3) is 3.62. The van der Waals surface area contributed by atoms with Crippen molar-refractivity contribution in [2.75, 3.05) is 20.8 Å². The van der Waals surface area contributed by atoms with Gasteiger partial charge in [0.25, 0.3) is 5.91 Å². The van der Waals surface area contributed by atoms with E-state index in [9.17, 15) is 14.4 Å². The van der Waals surface area contributed by atoms with Crippen LogP contribution in [0.25, 0.3) is 11.1 Å². The number of nitrogens with zero attached hydrogens (tertiary/aromatic N) is 3. The molecule has 2 aromatic rings. The number of amides is 1. The number of hydrogen-bond acceptors (Lipinski definition) is 6. The number of carbonyl (C=O) groups is 1. The number of fused-ring (bicyclic) bond motifs is 2. The summed E-state index contributed by atoms with van der Waals surface area (Å²) in [4.78, 5) is 19.2. The highest BCUT2D eigenvalue weighted by Crippen LogP contribution is 2.47. The SMILES string of the molecule is COCCCC1CC2(N=C(N)N(C)C2=O)c2cc(-c3cc(F)cc(C#N)c3)ccc2O1. The molecule has 0 fully saturated rings. The second-order valence-corrected chi connectivity index (χ2v) is 7.82. The molecule has 2 N–H and O–H groups in total. The molecule has 0 bridgehead atoms. The molecule has 2 aliphatic rings. The van der Waals surface area contributed by atoms with Gasteiger partial charge in [-0.2, -0.15) is 5.26 Å². The summed E-state index contributed by atoms with van der Waals surface area (Å²) < 4.78 is 25.3. The lowest BCUT2D eigenvalue weighted by atomic mass is 9.79. The Hall–Kier alpha value is -3.44. The van der Waals surface area contributed by atoms with Crippen LogP contribution in [0.1, 0.15) is 30.4 Å². The molecule has 2 unspecified atom stereocenters. The van der Waals surface area contributed by atoms with Crippen LogP contribution in [-0.4, -0.2) is 43.6 Å². The predicted molar refractivity (Wildman–Crippen MR) is 113 cm³/mol. The summed E-state index contributed by atoms with van der Waals surface area (Å²) >= 11 is 0. The van der Waals surface area contributed by atoms with Crippen molar-refractivity contribution in [3.63, 3.8) is 0 Å². The molecule has 8 heteroatoms. The minimum Gasteiger partial charge on any atom is -0.490 e. The molecule has 7 nitrogen and oxygen atoms in total. The van der Waals surface area contributed by atoms with E-state index in [1.807, 2.05) is 6.07 Å². The largest absolute Gasteiger partial charge is 0.490 e. The molecule has 1 spiro atoms. The molecule has 0 saturated heterocycles. The van der Waals surface area contributed by atoms with Crippen molar-refractivity contribution in [2.24, 2.45) is 10.7 Å². The molecule has 4 rings (SSSR count). The van der Waals surface area contributed by atoms with Crippen LogP contribution < -0.4 is 10.5 Å². The molecule has 2 aliphatic heterocycles. The predicted octanol–water partition coefficient (Wildman–Crippen LogP) is 2.92. The molecule has 0 aliphatic carbocycles. The van der Waals surface area contributed by atoms with Crippen LogP contribution in [0, 0.1) is 17.1 Å². The number of methoxy groups -OCH3 is 1. The van der Waals surface area contributed by atoms with Crippen LogP contribution in [-0.2, 0) is 15.1 Å². The zero-order valence-corrected chi connectivity index (χ0v) is 17.4. The van der Waals surface area contributed by atoms with Crippen molar-refractivity contribution in [2.45, 2.75) is 30.9 Å². The minimum atomic E-state index is -1.19. The summed E-state index contributed by atoms with van der Waals surface area (Å²) in [5, 5.41) is 9.18. The van der Waals surface area contributed by atoms with Crippen LogP contribution in [0.2, 0.25) is 0 Å². The Kier molecular flexibility index (Phi) is 5.38. The number of halogens is 1. The Morgan fingerprint density at radius 3 is 2.84 bits per heavy atom.